The Morgan fingerprint density at radius 2 is 1.96 bits per heavy atom. The van der Waals surface area contributed by atoms with Crippen molar-refractivity contribution in [3.05, 3.63) is 65.5 Å². The van der Waals surface area contributed by atoms with E-state index in [1.165, 1.54) is 6.07 Å². The molecular formula is C19H24FN3OS. The van der Waals surface area contributed by atoms with Crippen LogP contribution in [0.2, 0.25) is 0 Å². The monoisotopic (exact) mass is 361 g/mol. The zero-order valence-electron chi connectivity index (χ0n) is 14.8. The fourth-order valence-corrected chi connectivity index (χ4v) is 3.30. The Bertz CT molecular complexity index is 750. The summed E-state index contributed by atoms with van der Waals surface area (Å²) in [6, 6.07) is 14.5. The molecule has 0 heterocycles. The molecule has 2 atom stereocenters. The van der Waals surface area contributed by atoms with Gasteiger partial charge in [0.05, 0.1) is 16.8 Å². The van der Waals surface area contributed by atoms with Crippen LogP contribution in [0, 0.1) is 12.7 Å². The molecule has 6 heteroatoms. The summed E-state index contributed by atoms with van der Waals surface area (Å²) in [4.78, 5) is 4.98. The van der Waals surface area contributed by atoms with Crippen molar-refractivity contribution >= 4 is 16.8 Å². The lowest BCUT2D eigenvalue weighted by Gasteiger charge is -2.18. The van der Waals surface area contributed by atoms with Crippen LogP contribution in [0.15, 0.2) is 58.4 Å². The number of hydrogen-bond acceptors (Lipinski definition) is 2. The van der Waals surface area contributed by atoms with E-state index < -0.39 is 10.8 Å². The van der Waals surface area contributed by atoms with Gasteiger partial charge in [-0.25, -0.2) is 4.39 Å². The van der Waals surface area contributed by atoms with Gasteiger partial charge in [-0.3, -0.25) is 9.20 Å². The lowest BCUT2D eigenvalue weighted by atomic mass is 10.1. The summed E-state index contributed by atoms with van der Waals surface area (Å²) in [5.74, 6) is 0.865. The van der Waals surface area contributed by atoms with Crippen molar-refractivity contribution in [3.8, 4) is 0 Å². The minimum Gasteiger partial charge on any atom is -0.355 e. The van der Waals surface area contributed by atoms with Crippen molar-refractivity contribution in [1.82, 2.24) is 10.6 Å². The first-order chi connectivity index (χ1) is 12.0. The van der Waals surface area contributed by atoms with Crippen molar-refractivity contribution in [3.63, 3.8) is 0 Å². The molecule has 0 aromatic heterocycles. The normalized spacial score (nSPS) is 14.0. The number of nitrogens with zero attached hydrogens (tertiary/aromatic N) is 1. The number of nitrogens with one attached hydrogen (secondary N) is 2. The first kappa shape index (κ1) is 19.1. The van der Waals surface area contributed by atoms with Gasteiger partial charge in [-0.05, 0) is 43.2 Å². The maximum Gasteiger partial charge on any atom is 0.191 e. The average Bonchev–Trinajstić information content (AvgIpc) is 2.63. The van der Waals surface area contributed by atoms with E-state index in [4.69, 9.17) is 0 Å². The smallest absolute Gasteiger partial charge is 0.191 e. The predicted octanol–water partition coefficient (Wildman–Crippen LogP) is 3.17. The van der Waals surface area contributed by atoms with Gasteiger partial charge in [-0.1, -0.05) is 30.3 Å². The molecule has 0 aliphatic rings. The first-order valence-corrected chi connectivity index (χ1v) is 9.50. The van der Waals surface area contributed by atoms with Gasteiger partial charge in [-0.2, -0.15) is 0 Å². The van der Waals surface area contributed by atoms with E-state index >= 15 is 0 Å². The van der Waals surface area contributed by atoms with Gasteiger partial charge in [0.2, 0.25) is 0 Å². The summed E-state index contributed by atoms with van der Waals surface area (Å²) < 4.78 is 25.9. The van der Waals surface area contributed by atoms with Crippen LogP contribution < -0.4 is 10.6 Å². The Morgan fingerprint density at radius 3 is 2.60 bits per heavy atom. The third-order valence-corrected chi connectivity index (χ3v) is 5.23. The SMILES string of the molecule is CN=C(NCCS(=O)c1ccccc1)NC(C)c1ccc(C)c(F)c1. The number of aryl methyl sites for hydroxylation is 1. The van der Waals surface area contributed by atoms with Gasteiger partial charge in [0.1, 0.15) is 5.82 Å². The molecule has 0 amide bonds. The van der Waals surface area contributed by atoms with Crippen LogP contribution in [0.3, 0.4) is 0 Å². The summed E-state index contributed by atoms with van der Waals surface area (Å²) in [5, 5.41) is 6.37. The van der Waals surface area contributed by atoms with Crippen LogP contribution in [-0.2, 0) is 10.8 Å². The van der Waals surface area contributed by atoms with Crippen molar-refractivity contribution in [2.45, 2.75) is 24.8 Å². The van der Waals surface area contributed by atoms with Gasteiger partial charge >= 0.3 is 0 Å². The fourth-order valence-electron chi connectivity index (χ4n) is 2.31. The van der Waals surface area contributed by atoms with E-state index in [1.807, 2.05) is 43.3 Å². The standard InChI is InChI=1S/C19H24FN3OS/c1-14-9-10-16(13-18(14)20)15(2)23-19(21-3)22-11-12-25(24)17-7-5-4-6-8-17/h4-10,13,15H,11-12H2,1-3H3,(H2,21,22,23). The van der Waals surface area contributed by atoms with Crippen molar-refractivity contribution in [2.24, 2.45) is 4.99 Å². The van der Waals surface area contributed by atoms with E-state index in [1.54, 1.807) is 20.0 Å². The minimum atomic E-state index is -1.05. The van der Waals surface area contributed by atoms with Gasteiger partial charge in [0.25, 0.3) is 0 Å². The number of aliphatic imine (C=N–C) groups is 1. The van der Waals surface area contributed by atoms with Crippen LogP contribution in [0.5, 0.6) is 0 Å². The molecular weight excluding hydrogens is 337 g/mol. The molecule has 0 aliphatic heterocycles. The Balaban J connectivity index is 1.86. The molecule has 4 nitrogen and oxygen atoms in total. The molecule has 134 valence electrons. The van der Waals surface area contributed by atoms with Gasteiger partial charge < -0.3 is 10.6 Å². The molecule has 0 saturated heterocycles. The second-order valence-corrected chi connectivity index (χ2v) is 7.31. The number of guanidine groups is 1. The van der Waals surface area contributed by atoms with Crippen LogP contribution in [0.4, 0.5) is 4.39 Å². The number of benzene rings is 2. The summed E-state index contributed by atoms with van der Waals surface area (Å²) in [6.07, 6.45) is 0. The topological polar surface area (TPSA) is 53.5 Å². The van der Waals surface area contributed by atoms with Crippen LogP contribution >= 0.6 is 0 Å². The lowest BCUT2D eigenvalue weighted by molar-refractivity contribution is 0.607. The summed E-state index contributed by atoms with van der Waals surface area (Å²) in [6.45, 7) is 4.21. The summed E-state index contributed by atoms with van der Waals surface area (Å²) in [7, 11) is 0.621. The highest BCUT2D eigenvalue weighted by Crippen LogP contribution is 2.16. The Labute approximate surface area is 151 Å². The van der Waals surface area contributed by atoms with Crippen LogP contribution in [0.1, 0.15) is 24.1 Å². The zero-order chi connectivity index (χ0) is 18.2. The molecule has 25 heavy (non-hydrogen) atoms. The quantitative estimate of drug-likeness (QED) is 0.614. The second kappa shape index (κ2) is 9.32. The van der Waals surface area contributed by atoms with E-state index in [-0.39, 0.29) is 11.9 Å². The molecule has 2 rings (SSSR count). The highest BCUT2D eigenvalue weighted by Gasteiger charge is 2.10. The average molecular weight is 361 g/mol. The molecule has 0 saturated carbocycles. The molecule has 2 aromatic carbocycles. The molecule has 2 N–H and O–H groups in total. The third kappa shape index (κ3) is 5.67. The predicted molar refractivity (Wildman–Crippen MR) is 102 cm³/mol. The Morgan fingerprint density at radius 1 is 1.24 bits per heavy atom. The molecule has 0 fully saturated rings. The van der Waals surface area contributed by atoms with E-state index in [2.05, 4.69) is 15.6 Å². The fraction of sp³-hybridized carbons (Fsp3) is 0.316. The second-order valence-electron chi connectivity index (χ2n) is 5.74. The molecule has 0 spiro atoms. The lowest BCUT2D eigenvalue weighted by Crippen LogP contribution is -2.40. The summed E-state index contributed by atoms with van der Waals surface area (Å²) in [5.41, 5.74) is 1.47. The summed E-state index contributed by atoms with van der Waals surface area (Å²) >= 11 is 0. The number of rotatable bonds is 6. The number of halogens is 1. The highest BCUT2D eigenvalue weighted by molar-refractivity contribution is 7.85. The van der Waals surface area contributed by atoms with E-state index in [0.717, 1.165) is 10.5 Å². The van der Waals surface area contributed by atoms with Crippen molar-refractivity contribution < 1.29 is 8.60 Å². The van der Waals surface area contributed by atoms with Gasteiger partial charge in [0, 0.05) is 24.2 Å². The van der Waals surface area contributed by atoms with Crippen molar-refractivity contribution in [2.75, 3.05) is 19.3 Å². The van der Waals surface area contributed by atoms with Gasteiger partial charge in [0.15, 0.2) is 5.96 Å². The van der Waals surface area contributed by atoms with Gasteiger partial charge in [-0.15, -0.1) is 0 Å². The first-order valence-electron chi connectivity index (χ1n) is 8.18. The van der Waals surface area contributed by atoms with Crippen LogP contribution in [-0.4, -0.2) is 29.5 Å². The maximum absolute atomic E-state index is 13.7. The molecule has 0 aliphatic carbocycles. The van der Waals surface area contributed by atoms with E-state index in [9.17, 15) is 8.60 Å². The maximum atomic E-state index is 13.7. The highest BCUT2D eigenvalue weighted by atomic mass is 32.2. The molecule has 2 unspecified atom stereocenters. The minimum absolute atomic E-state index is 0.0964. The largest absolute Gasteiger partial charge is 0.355 e. The Hall–Kier alpha value is -2.21. The van der Waals surface area contributed by atoms with E-state index in [0.29, 0.717) is 23.8 Å². The third-order valence-electron chi connectivity index (χ3n) is 3.86. The molecule has 2 aromatic rings. The molecule has 0 radical (unpaired) electrons. The number of hydrogen-bond donors (Lipinski definition) is 2. The zero-order valence-corrected chi connectivity index (χ0v) is 15.6. The Kier molecular flexibility index (Phi) is 7.13. The van der Waals surface area contributed by atoms with Crippen molar-refractivity contribution in [1.29, 1.82) is 0 Å². The van der Waals surface area contributed by atoms with Crippen LogP contribution in [0.25, 0.3) is 0 Å². The molecule has 0 bridgehead atoms.